The van der Waals surface area contributed by atoms with Gasteiger partial charge in [-0.3, -0.25) is 9.36 Å². The van der Waals surface area contributed by atoms with Gasteiger partial charge in [0.2, 0.25) is 0 Å². The van der Waals surface area contributed by atoms with Crippen LogP contribution in [0.25, 0.3) is 6.08 Å². The molecule has 2 heterocycles. The number of terminal acetylenes is 1. The minimum absolute atomic E-state index is 0.0797. The minimum atomic E-state index is -0.812. The Hall–Kier alpha value is -3.48. The Bertz CT molecular complexity index is 1550. The van der Waals surface area contributed by atoms with E-state index in [1.54, 1.807) is 38.1 Å². The molecule has 178 valence electrons. The predicted octanol–water partition coefficient (Wildman–Crippen LogP) is 3.71. The third-order valence-corrected chi connectivity index (χ3v) is 6.75. The van der Waals surface area contributed by atoms with Crippen molar-refractivity contribution in [2.24, 2.45) is 4.99 Å². The predicted molar refractivity (Wildman–Crippen MR) is 135 cm³/mol. The van der Waals surface area contributed by atoms with Crippen LogP contribution in [0.15, 0.2) is 68.0 Å². The highest BCUT2D eigenvalue weighted by Gasteiger charge is 2.33. The number of benzene rings is 2. The molecular weight excluding hydrogens is 535 g/mol. The van der Waals surface area contributed by atoms with E-state index in [2.05, 4.69) is 26.8 Å². The van der Waals surface area contributed by atoms with Crippen LogP contribution in [0.2, 0.25) is 0 Å². The second-order valence-electron chi connectivity index (χ2n) is 7.53. The standard InChI is InChI=1S/C26H20BrFN2O4S/c1-4-12-34-20-11-8-18(27)13-17(20)14-21-24(31)30-23(16-6-9-19(28)10-7-16)22(25(32)33-5-2)15(3)29-26(30)35-21/h1,6-11,13-14,23H,5,12H2,2-3H3/b21-14-/t23-/m0/s1. The number of carbonyl (C=O) groups excluding carboxylic acids is 1. The normalized spacial score (nSPS) is 15.3. The van der Waals surface area contributed by atoms with Crippen LogP contribution in [0.4, 0.5) is 4.39 Å². The fourth-order valence-corrected chi connectivity index (χ4v) is 5.19. The first-order valence-corrected chi connectivity index (χ1v) is 12.3. The molecule has 0 amide bonds. The number of carbonyl (C=O) groups is 1. The van der Waals surface area contributed by atoms with Gasteiger partial charge in [0, 0.05) is 10.0 Å². The SMILES string of the molecule is C#CCOc1ccc(Br)cc1/C=c1\sc2n(c1=O)[C@@H](c1ccc(F)cc1)C(C(=O)OCC)=C(C)N=2. The first-order chi connectivity index (χ1) is 16.8. The highest BCUT2D eigenvalue weighted by Crippen LogP contribution is 2.31. The fraction of sp³-hybridized carbons (Fsp3) is 0.192. The van der Waals surface area contributed by atoms with E-state index in [-0.39, 0.29) is 24.3 Å². The lowest BCUT2D eigenvalue weighted by Crippen LogP contribution is -2.39. The van der Waals surface area contributed by atoms with Gasteiger partial charge in [-0.15, -0.1) is 6.42 Å². The maximum absolute atomic E-state index is 13.7. The van der Waals surface area contributed by atoms with E-state index in [4.69, 9.17) is 15.9 Å². The van der Waals surface area contributed by atoms with Crippen molar-refractivity contribution in [3.8, 4) is 18.1 Å². The van der Waals surface area contributed by atoms with Gasteiger partial charge in [-0.1, -0.05) is 45.3 Å². The van der Waals surface area contributed by atoms with Gasteiger partial charge in [0.15, 0.2) is 4.80 Å². The number of hydrogen-bond acceptors (Lipinski definition) is 6. The molecule has 0 N–H and O–H groups in total. The summed E-state index contributed by atoms with van der Waals surface area (Å²) in [5, 5.41) is 0. The van der Waals surface area contributed by atoms with Crippen molar-refractivity contribution in [2.75, 3.05) is 13.2 Å². The molecule has 0 saturated heterocycles. The summed E-state index contributed by atoms with van der Waals surface area (Å²) in [6.07, 6.45) is 7.03. The van der Waals surface area contributed by atoms with Crippen molar-refractivity contribution in [3.05, 3.63) is 94.8 Å². The van der Waals surface area contributed by atoms with Crippen LogP contribution in [0.3, 0.4) is 0 Å². The second-order valence-corrected chi connectivity index (χ2v) is 9.45. The summed E-state index contributed by atoms with van der Waals surface area (Å²) in [6.45, 7) is 3.64. The molecule has 1 aliphatic heterocycles. The van der Waals surface area contributed by atoms with E-state index < -0.39 is 17.8 Å². The quantitative estimate of drug-likeness (QED) is 0.344. The molecule has 4 rings (SSSR count). The molecule has 1 aliphatic rings. The van der Waals surface area contributed by atoms with Gasteiger partial charge >= 0.3 is 5.97 Å². The molecule has 9 heteroatoms. The van der Waals surface area contributed by atoms with Crippen LogP contribution in [0, 0.1) is 18.2 Å². The van der Waals surface area contributed by atoms with Crippen molar-refractivity contribution >= 4 is 39.3 Å². The highest BCUT2D eigenvalue weighted by molar-refractivity contribution is 9.10. The number of esters is 1. The molecule has 6 nitrogen and oxygen atoms in total. The molecule has 1 atom stereocenters. The maximum atomic E-state index is 13.7. The Labute approximate surface area is 213 Å². The van der Waals surface area contributed by atoms with E-state index in [1.165, 1.54) is 28.0 Å². The average molecular weight is 555 g/mol. The lowest BCUT2D eigenvalue weighted by atomic mass is 9.96. The first-order valence-electron chi connectivity index (χ1n) is 10.6. The van der Waals surface area contributed by atoms with Crippen LogP contribution in [-0.4, -0.2) is 23.8 Å². The van der Waals surface area contributed by atoms with Crippen molar-refractivity contribution in [1.29, 1.82) is 0 Å². The van der Waals surface area contributed by atoms with Gasteiger partial charge < -0.3 is 9.47 Å². The zero-order valence-electron chi connectivity index (χ0n) is 18.9. The number of halogens is 2. The summed E-state index contributed by atoms with van der Waals surface area (Å²) in [5.74, 6) is 1.96. The van der Waals surface area contributed by atoms with Gasteiger partial charge in [-0.05, 0) is 55.8 Å². The van der Waals surface area contributed by atoms with E-state index in [9.17, 15) is 14.0 Å². The molecule has 0 radical (unpaired) electrons. The zero-order valence-corrected chi connectivity index (χ0v) is 21.3. The number of allylic oxidation sites excluding steroid dienone is 1. The summed E-state index contributed by atoms with van der Waals surface area (Å²) in [6, 6.07) is 10.3. The highest BCUT2D eigenvalue weighted by atomic mass is 79.9. The van der Waals surface area contributed by atoms with Gasteiger partial charge in [0.1, 0.15) is 18.2 Å². The lowest BCUT2D eigenvalue weighted by Gasteiger charge is -2.24. The van der Waals surface area contributed by atoms with Crippen LogP contribution < -0.4 is 19.6 Å². The van der Waals surface area contributed by atoms with Crippen LogP contribution >= 0.6 is 27.3 Å². The zero-order chi connectivity index (χ0) is 25.1. The Kier molecular flexibility index (Phi) is 7.34. The van der Waals surface area contributed by atoms with Crippen LogP contribution in [0.5, 0.6) is 5.75 Å². The third-order valence-electron chi connectivity index (χ3n) is 5.27. The minimum Gasteiger partial charge on any atom is -0.480 e. The molecule has 35 heavy (non-hydrogen) atoms. The Morgan fingerprint density at radius 3 is 2.74 bits per heavy atom. The molecular formula is C26H20BrFN2O4S. The summed E-state index contributed by atoms with van der Waals surface area (Å²) < 4.78 is 27.2. The molecule has 0 saturated carbocycles. The van der Waals surface area contributed by atoms with Gasteiger partial charge in [0.05, 0.1) is 28.5 Å². The van der Waals surface area contributed by atoms with Crippen molar-refractivity contribution in [3.63, 3.8) is 0 Å². The van der Waals surface area contributed by atoms with Crippen LogP contribution in [-0.2, 0) is 9.53 Å². The van der Waals surface area contributed by atoms with Crippen LogP contribution in [0.1, 0.15) is 31.0 Å². The van der Waals surface area contributed by atoms with Gasteiger partial charge in [-0.2, -0.15) is 0 Å². The Balaban J connectivity index is 1.94. The molecule has 3 aromatic rings. The van der Waals surface area contributed by atoms with Gasteiger partial charge in [-0.25, -0.2) is 14.2 Å². The molecule has 0 fully saturated rings. The fourth-order valence-electron chi connectivity index (χ4n) is 3.78. The first kappa shape index (κ1) is 24.6. The number of hydrogen-bond donors (Lipinski definition) is 0. The number of rotatable bonds is 6. The molecule has 0 unspecified atom stereocenters. The largest absolute Gasteiger partial charge is 0.480 e. The second kappa shape index (κ2) is 10.4. The number of nitrogens with zero attached hydrogens (tertiary/aromatic N) is 2. The smallest absolute Gasteiger partial charge is 0.338 e. The summed E-state index contributed by atoms with van der Waals surface area (Å²) in [4.78, 5) is 31.5. The van der Waals surface area contributed by atoms with E-state index in [0.717, 1.165) is 4.47 Å². The monoisotopic (exact) mass is 554 g/mol. The molecule has 2 aromatic carbocycles. The third kappa shape index (κ3) is 4.99. The topological polar surface area (TPSA) is 69.9 Å². The Morgan fingerprint density at radius 2 is 2.06 bits per heavy atom. The van der Waals surface area contributed by atoms with E-state index >= 15 is 0 Å². The molecule has 0 aliphatic carbocycles. The number of aromatic nitrogens is 1. The van der Waals surface area contributed by atoms with Crippen molar-refractivity contribution in [1.82, 2.24) is 4.57 Å². The summed E-state index contributed by atoms with van der Waals surface area (Å²) >= 11 is 4.63. The molecule has 0 bridgehead atoms. The molecule has 0 spiro atoms. The van der Waals surface area contributed by atoms with Gasteiger partial charge in [0.25, 0.3) is 5.56 Å². The number of ether oxygens (including phenoxy) is 2. The van der Waals surface area contributed by atoms with E-state index in [0.29, 0.717) is 31.9 Å². The molecule has 1 aromatic heterocycles. The number of thiazole rings is 1. The summed E-state index contributed by atoms with van der Waals surface area (Å²) in [7, 11) is 0. The average Bonchev–Trinajstić information content (AvgIpc) is 3.12. The Morgan fingerprint density at radius 1 is 1.31 bits per heavy atom. The van der Waals surface area contributed by atoms with Crippen molar-refractivity contribution in [2.45, 2.75) is 19.9 Å². The summed E-state index contributed by atoms with van der Waals surface area (Å²) in [5.41, 5.74) is 1.54. The lowest BCUT2D eigenvalue weighted by molar-refractivity contribution is -0.139. The van der Waals surface area contributed by atoms with Crippen molar-refractivity contribution < 1.29 is 18.7 Å². The number of fused-ring (bicyclic) bond motifs is 1. The van der Waals surface area contributed by atoms with E-state index in [1.807, 2.05) is 12.1 Å². The maximum Gasteiger partial charge on any atom is 0.338 e.